The molecule has 7 heteroatoms. The molecule has 6 nitrogen and oxygen atoms in total. The van der Waals surface area contributed by atoms with Gasteiger partial charge in [0.1, 0.15) is 6.54 Å². The van der Waals surface area contributed by atoms with Crippen LogP contribution in [0.2, 0.25) is 5.02 Å². The van der Waals surface area contributed by atoms with Crippen LogP contribution < -0.4 is 4.90 Å². The summed E-state index contributed by atoms with van der Waals surface area (Å²) in [4.78, 5) is 29.6. The topological polar surface area (TPSA) is 64.1 Å². The minimum Gasteiger partial charge on any atom is -0.395 e. The van der Waals surface area contributed by atoms with Crippen LogP contribution in [0.3, 0.4) is 0 Å². The second-order valence-electron chi connectivity index (χ2n) is 5.74. The minimum atomic E-state index is -0.187. The van der Waals surface area contributed by atoms with Gasteiger partial charge in [0.15, 0.2) is 0 Å². The Hall–Kier alpha value is -1.79. The Morgan fingerprint density at radius 3 is 2.52 bits per heavy atom. The lowest BCUT2D eigenvalue weighted by Gasteiger charge is -2.28. The van der Waals surface area contributed by atoms with Gasteiger partial charge in [0, 0.05) is 36.4 Å². The Kier molecular flexibility index (Phi) is 5.85. The number of benzene rings is 1. The molecule has 0 radical (unpaired) electrons. The molecule has 3 amide bonds. The van der Waals surface area contributed by atoms with Gasteiger partial charge in [-0.3, -0.25) is 9.69 Å². The molecule has 1 aliphatic rings. The second kappa shape index (κ2) is 7.66. The van der Waals surface area contributed by atoms with E-state index in [-0.39, 0.29) is 37.7 Å². The van der Waals surface area contributed by atoms with Gasteiger partial charge in [0.05, 0.1) is 6.61 Å². The Bertz CT molecular complexity index is 562. The first-order chi connectivity index (χ1) is 10.9. The molecule has 1 fully saturated rings. The van der Waals surface area contributed by atoms with Crippen LogP contribution in [-0.2, 0) is 4.79 Å². The number of nitrogens with zero attached hydrogens (tertiary/aromatic N) is 3. The first-order valence-corrected chi connectivity index (χ1v) is 8.04. The van der Waals surface area contributed by atoms with Gasteiger partial charge in [-0.2, -0.15) is 0 Å². The van der Waals surface area contributed by atoms with Crippen molar-refractivity contribution >= 4 is 29.2 Å². The highest BCUT2D eigenvalue weighted by molar-refractivity contribution is 6.30. The predicted octanol–water partition coefficient (Wildman–Crippen LogP) is 1.81. The number of halogens is 1. The summed E-state index contributed by atoms with van der Waals surface area (Å²) in [6.07, 6.45) is 0. The van der Waals surface area contributed by atoms with Crippen LogP contribution in [0.5, 0.6) is 0 Å². The molecule has 1 aromatic carbocycles. The zero-order valence-electron chi connectivity index (χ0n) is 13.4. The molecule has 1 aliphatic heterocycles. The normalized spacial score (nSPS) is 14.7. The lowest BCUT2D eigenvalue weighted by atomic mass is 10.3. The number of rotatable bonds is 6. The summed E-state index contributed by atoms with van der Waals surface area (Å²) < 4.78 is 0. The molecule has 1 saturated heterocycles. The van der Waals surface area contributed by atoms with Crippen LogP contribution in [0.25, 0.3) is 0 Å². The third-order valence-corrected chi connectivity index (χ3v) is 4.10. The van der Waals surface area contributed by atoms with Gasteiger partial charge in [0.25, 0.3) is 0 Å². The summed E-state index contributed by atoms with van der Waals surface area (Å²) in [5.41, 5.74) is 0.769. The summed E-state index contributed by atoms with van der Waals surface area (Å²) in [6.45, 7) is 5.03. The number of amides is 3. The summed E-state index contributed by atoms with van der Waals surface area (Å²) in [7, 11) is 0. The molecular weight excluding hydrogens is 318 g/mol. The summed E-state index contributed by atoms with van der Waals surface area (Å²) in [5.74, 6) is -0.152. The van der Waals surface area contributed by atoms with Crippen LogP contribution >= 0.6 is 11.6 Å². The van der Waals surface area contributed by atoms with Crippen molar-refractivity contribution in [2.24, 2.45) is 0 Å². The standard InChI is InChI=1S/C16H22ClN3O3/c1-12(2)19(9-10-21)15(22)11-18-7-8-20(16(18)23)14-5-3-13(17)4-6-14/h3-6,12,21H,7-11H2,1-2H3. The Labute approximate surface area is 141 Å². The highest BCUT2D eigenvalue weighted by Crippen LogP contribution is 2.22. The molecule has 1 N–H and O–H groups in total. The highest BCUT2D eigenvalue weighted by Gasteiger charge is 2.32. The molecule has 0 aromatic heterocycles. The minimum absolute atomic E-state index is 0.0141. The number of carbonyl (C=O) groups excluding carboxylic acids is 2. The van der Waals surface area contributed by atoms with E-state index in [1.165, 1.54) is 4.90 Å². The van der Waals surface area contributed by atoms with Crippen molar-refractivity contribution in [1.29, 1.82) is 0 Å². The van der Waals surface area contributed by atoms with Gasteiger partial charge in [-0.25, -0.2) is 4.79 Å². The monoisotopic (exact) mass is 339 g/mol. The number of anilines is 1. The number of hydrogen-bond acceptors (Lipinski definition) is 3. The van der Waals surface area contributed by atoms with Crippen molar-refractivity contribution < 1.29 is 14.7 Å². The lowest BCUT2D eigenvalue weighted by Crippen LogP contribution is -2.46. The van der Waals surface area contributed by atoms with Gasteiger partial charge < -0.3 is 14.9 Å². The first kappa shape index (κ1) is 17.6. The van der Waals surface area contributed by atoms with E-state index in [0.29, 0.717) is 18.1 Å². The fourth-order valence-electron chi connectivity index (χ4n) is 2.62. The number of aliphatic hydroxyl groups is 1. The van der Waals surface area contributed by atoms with E-state index in [1.807, 2.05) is 13.8 Å². The van der Waals surface area contributed by atoms with Crippen molar-refractivity contribution in [3.8, 4) is 0 Å². The van der Waals surface area contributed by atoms with Gasteiger partial charge in [0.2, 0.25) is 5.91 Å². The van der Waals surface area contributed by atoms with Gasteiger partial charge in [-0.15, -0.1) is 0 Å². The third-order valence-electron chi connectivity index (χ3n) is 3.84. The van der Waals surface area contributed by atoms with Crippen LogP contribution in [0, 0.1) is 0 Å². The molecule has 2 rings (SSSR count). The lowest BCUT2D eigenvalue weighted by molar-refractivity contribution is -0.133. The fourth-order valence-corrected chi connectivity index (χ4v) is 2.75. The Balaban J connectivity index is 2.01. The van der Waals surface area contributed by atoms with Crippen molar-refractivity contribution in [3.63, 3.8) is 0 Å². The summed E-state index contributed by atoms with van der Waals surface area (Å²) in [6, 6.07) is 6.85. The van der Waals surface area contributed by atoms with E-state index in [2.05, 4.69) is 0 Å². The molecule has 1 aromatic rings. The smallest absolute Gasteiger partial charge is 0.325 e. The zero-order valence-corrected chi connectivity index (χ0v) is 14.2. The summed E-state index contributed by atoms with van der Waals surface area (Å²) >= 11 is 5.86. The predicted molar refractivity (Wildman–Crippen MR) is 89.7 cm³/mol. The zero-order chi connectivity index (χ0) is 17.0. The molecule has 0 saturated carbocycles. The molecule has 0 bridgehead atoms. The van der Waals surface area contributed by atoms with E-state index in [0.717, 1.165) is 5.69 Å². The van der Waals surface area contributed by atoms with Gasteiger partial charge in [-0.1, -0.05) is 11.6 Å². The molecule has 23 heavy (non-hydrogen) atoms. The van der Waals surface area contributed by atoms with E-state index in [9.17, 15) is 9.59 Å². The maximum atomic E-state index is 12.5. The second-order valence-corrected chi connectivity index (χ2v) is 6.17. The number of hydrogen-bond donors (Lipinski definition) is 1. The van der Waals surface area contributed by atoms with Crippen LogP contribution in [0.15, 0.2) is 24.3 Å². The quantitative estimate of drug-likeness (QED) is 0.859. The number of aliphatic hydroxyl groups excluding tert-OH is 1. The average Bonchev–Trinajstić information content (AvgIpc) is 2.86. The molecule has 0 aliphatic carbocycles. The Morgan fingerprint density at radius 2 is 1.96 bits per heavy atom. The molecule has 0 spiro atoms. The van der Waals surface area contributed by atoms with Gasteiger partial charge in [-0.05, 0) is 38.1 Å². The Morgan fingerprint density at radius 1 is 1.30 bits per heavy atom. The van der Waals surface area contributed by atoms with Crippen molar-refractivity contribution in [1.82, 2.24) is 9.80 Å². The van der Waals surface area contributed by atoms with Crippen LogP contribution in [0.4, 0.5) is 10.5 Å². The van der Waals surface area contributed by atoms with Crippen LogP contribution in [0.1, 0.15) is 13.8 Å². The molecular formula is C16H22ClN3O3. The molecule has 1 heterocycles. The SMILES string of the molecule is CC(C)N(CCO)C(=O)CN1CCN(c2ccc(Cl)cc2)C1=O. The average molecular weight is 340 g/mol. The highest BCUT2D eigenvalue weighted by atomic mass is 35.5. The van der Waals surface area contributed by atoms with Crippen LogP contribution in [-0.4, -0.2) is 65.7 Å². The fraction of sp³-hybridized carbons (Fsp3) is 0.500. The summed E-state index contributed by atoms with van der Waals surface area (Å²) in [5, 5.41) is 9.68. The largest absolute Gasteiger partial charge is 0.395 e. The van der Waals surface area contributed by atoms with Crippen molar-refractivity contribution in [3.05, 3.63) is 29.3 Å². The van der Waals surface area contributed by atoms with E-state index < -0.39 is 0 Å². The maximum Gasteiger partial charge on any atom is 0.325 e. The number of carbonyl (C=O) groups is 2. The third kappa shape index (κ3) is 4.14. The van der Waals surface area contributed by atoms with Crippen molar-refractivity contribution in [2.45, 2.75) is 19.9 Å². The number of urea groups is 1. The molecule has 126 valence electrons. The maximum absolute atomic E-state index is 12.5. The van der Waals surface area contributed by atoms with Crippen molar-refractivity contribution in [2.75, 3.05) is 37.7 Å². The van der Waals surface area contributed by atoms with E-state index in [4.69, 9.17) is 16.7 Å². The molecule has 0 atom stereocenters. The van der Waals surface area contributed by atoms with E-state index in [1.54, 1.807) is 34.1 Å². The van der Waals surface area contributed by atoms with E-state index >= 15 is 0 Å². The first-order valence-electron chi connectivity index (χ1n) is 7.66. The van der Waals surface area contributed by atoms with Gasteiger partial charge >= 0.3 is 6.03 Å². The molecule has 0 unspecified atom stereocenters.